The van der Waals surface area contributed by atoms with Gasteiger partial charge < -0.3 is 14.7 Å². The number of aromatic nitrogens is 2. The van der Waals surface area contributed by atoms with Crippen LogP contribution in [0.2, 0.25) is 0 Å². The molecule has 3 heterocycles. The Morgan fingerprint density at radius 2 is 1.90 bits per heavy atom. The molecule has 0 aromatic carbocycles. The molecule has 1 aromatic rings. The quantitative estimate of drug-likeness (QED) is 0.830. The fraction of sp³-hybridized carbons (Fsp3) is 0.667. The molecule has 0 bridgehead atoms. The van der Waals surface area contributed by atoms with Crippen LogP contribution in [0.5, 0.6) is 0 Å². The van der Waals surface area contributed by atoms with E-state index in [9.17, 15) is 4.79 Å². The Kier molecular flexibility index (Phi) is 3.94. The fourth-order valence-electron chi connectivity index (χ4n) is 2.95. The molecule has 0 N–H and O–H groups in total. The van der Waals surface area contributed by atoms with E-state index in [1.807, 2.05) is 30.0 Å². The summed E-state index contributed by atoms with van der Waals surface area (Å²) in [4.78, 5) is 27.1. The molecular formula is C15H23N5O. The Balaban J connectivity index is 1.57. The number of nitrogens with zero attached hydrogens (tertiary/aromatic N) is 5. The van der Waals surface area contributed by atoms with Crippen molar-refractivity contribution in [1.29, 1.82) is 0 Å². The Bertz CT molecular complexity index is 507. The summed E-state index contributed by atoms with van der Waals surface area (Å²) in [6.07, 6.45) is 5.15. The molecule has 0 spiro atoms. The zero-order valence-corrected chi connectivity index (χ0v) is 12.8. The van der Waals surface area contributed by atoms with Gasteiger partial charge >= 0.3 is 0 Å². The van der Waals surface area contributed by atoms with E-state index in [1.54, 1.807) is 6.33 Å². The predicted molar refractivity (Wildman–Crippen MR) is 82.5 cm³/mol. The summed E-state index contributed by atoms with van der Waals surface area (Å²) in [7, 11) is 3.93. The summed E-state index contributed by atoms with van der Waals surface area (Å²) in [6, 6.07) is 1.97. The highest BCUT2D eigenvalue weighted by Crippen LogP contribution is 2.26. The van der Waals surface area contributed by atoms with Gasteiger partial charge in [0.1, 0.15) is 18.0 Å². The lowest BCUT2D eigenvalue weighted by atomic mass is 9.97. The van der Waals surface area contributed by atoms with Crippen molar-refractivity contribution < 1.29 is 4.79 Å². The van der Waals surface area contributed by atoms with Crippen LogP contribution >= 0.6 is 0 Å². The average molecular weight is 289 g/mol. The van der Waals surface area contributed by atoms with Gasteiger partial charge in [-0.3, -0.25) is 4.79 Å². The van der Waals surface area contributed by atoms with Crippen molar-refractivity contribution in [3.05, 3.63) is 12.4 Å². The number of anilines is 2. The van der Waals surface area contributed by atoms with Crippen molar-refractivity contribution in [2.24, 2.45) is 5.92 Å². The topological polar surface area (TPSA) is 52.6 Å². The fourth-order valence-corrected chi connectivity index (χ4v) is 2.95. The standard InChI is InChI=1S/C15H23N5O/c1-18(2)13-8-14(17-11-16-13)20-9-12(10-20)15(21)19-6-4-3-5-7-19/h8,11-12H,3-7,9-10H2,1-2H3. The van der Waals surface area contributed by atoms with Crippen molar-refractivity contribution >= 4 is 17.5 Å². The minimum Gasteiger partial charge on any atom is -0.363 e. The van der Waals surface area contributed by atoms with Crippen LogP contribution in [0.4, 0.5) is 11.6 Å². The number of hydrogen-bond donors (Lipinski definition) is 0. The molecule has 6 heteroatoms. The van der Waals surface area contributed by atoms with E-state index in [4.69, 9.17) is 0 Å². The van der Waals surface area contributed by atoms with E-state index in [1.165, 1.54) is 6.42 Å². The van der Waals surface area contributed by atoms with Gasteiger partial charge in [0.25, 0.3) is 0 Å². The number of carbonyl (C=O) groups excluding carboxylic acids is 1. The number of likely N-dealkylation sites (tertiary alicyclic amines) is 1. The van der Waals surface area contributed by atoms with E-state index >= 15 is 0 Å². The highest BCUT2D eigenvalue weighted by molar-refractivity contribution is 5.82. The molecule has 2 saturated heterocycles. The molecule has 0 radical (unpaired) electrons. The lowest BCUT2D eigenvalue weighted by molar-refractivity contribution is -0.137. The SMILES string of the molecule is CN(C)c1cc(N2CC(C(=O)N3CCCCC3)C2)ncn1. The van der Waals surface area contributed by atoms with E-state index in [-0.39, 0.29) is 5.92 Å². The van der Waals surface area contributed by atoms with Crippen LogP contribution in [-0.2, 0) is 4.79 Å². The summed E-state index contributed by atoms with van der Waals surface area (Å²) in [5, 5.41) is 0. The maximum atomic E-state index is 12.4. The highest BCUT2D eigenvalue weighted by atomic mass is 16.2. The lowest BCUT2D eigenvalue weighted by Crippen LogP contribution is -2.55. The smallest absolute Gasteiger partial charge is 0.229 e. The van der Waals surface area contributed by atoms with Crippen LogP contribution in [0.25, 0.3) is 0 Å². The zero-order chi connectivity index (χ0) is 14.8. The van der Waals surface area contributed by atoms with Gasteiger partial charge in [-0.1, -0.05) is 0 Å². The number of amides is 1. The molecule has 6 nitrogen and oxygen atoms in total. The van der Waals surface area contributed by atoms with Crippen LogP contribution in [0.15, 0.2) is 12.4 Å². The van der Waals surface area contributed by atoms with Crippen LogP contribution in [0, 0.1) is 5.92 Å². The molecule has 2 aliphatic heterocycles. The minimum atomic E-state index is 0.140. The van der Waals surface area contributed by atoms with Crippen LogP contribution in [-0.4, -0.2) is 61.0 Å². The summed E-state index contributed by atoms with van der Waals surface area (Å²) in [5.74, 6) is 2.27. The molecular weight excluding hydrogens is 266 g/mol. The number of hydrogen-bond acceptors (Lipinski definition) is 5. The summed E-state index contributed by atoms with van der Waals surface area (Å²) < 4.78 is 0. The molecule has 2 fully saturated rings. The molecule has 0 unspecified atom stereocenters. The second-order valence-corrected chi connectivity index (χ2v) is 6.12. The average Bonchev–Trinajstić information content (AvgIpc) is 2.47. The summed E-state index contributed by atoms with van der Waals surface area (Å²) in [5.41, 5.74) is 0. The Morgan fingerprint density at radius 3 is 2.57 bits per heavy atom. The zero-order valence-electron chi connectivity index (χ0n) is 12.8. The van der Waals surface area contributed by atoms with Crippen molar-refractivity contribution in [3.8, 4) is 0 Å². The van der Waals surface area contributed by atoms with Gasteiger partial charge in [-0.15, -0.1) is 0 Å². The lowest BCUT2D eigenvalue weighted by Gasteiger charge is -2.42. The molecule has 0 aliphatic carbocycles. The van der Waals surface area contributed by atoms with Gasteiger partial charge in [-0.2, -0.15) is 0 Å². The summed E-state index contributed by atoms with van der Waals surface area (Å²) >= 11 is 0. The van der Waals surface area contributed by atoms with Gasteiger partial charge in [-0.25, -0.2) is 9.97 Å². The first-order valence-corrected chi connectivity index (χ1v) is 7.68. The first-order chi connectivity index (χ1) is 10.1. The highest BCUT2D eigenvalue weighted by Gasteiger charge is 2.36. The second-order valence-electron chi connectivity index (χ2n) is 6.12. The molecule has 21 heavy (non-hydrogen) atoms. The molecule has 1 amide bonds. The van der Waals surface area contributed by atoms with Crippen LogP contribution in [0.3, 0.4) is 0 Å². The van der Waals surface area contributed by atoms with E-state index in [2.05, 4.69) is 14.9 Å². The Labute approximate surface area is 125 Å². The monoisotopic (exact) mass is 289 g/mol. The van der Waals surface area contributed by atoms with Gasteiger partial charge in [0, 0.05) is 46.3 Å². The maximum absolute atomic E-state index is 12.4. The number of rotatable bonds is 3. The Hall–Kier alpha value is -1.85. The van der Waals surface area contributed by atoms with Crippen molar-refractivity contribution in [2.45, 2.75) is 19.3 Å². The van der Waals surface area contributed by atoms with E-state index in [0.29, 0.717) is 5.91 Å². The van der Waals surface area contributed by atoms with E-state index in [0.717, 1.165) is 50.7 Å². The number of piperidine rings is 1. The molecule has 0 saturated carbocycles. The molecule has 0 atom stereocenters. The maximum Gasteiger partial charge on any atom is 0.229 e. The number of carbonyl (C=O) groups is 1. The first kappa shape index (κ1) is 14.1. The minimum absolute atomic E-state index is 0.140. The van der Waals surface area contributed by atoms with Crippen molar-refractivity contribution in [2.75, 3.05) is 50.1 Å². The third-order valence-corrected chi connectivity index (χ3v) is 4.32. The third kappa shape index (κ3) is 2.94. The largest absolute Gasteiger partial charge is 0.363 e. The molecule has 3 rings (SSSR count). The van der Waals surface area contributed by atoms with Crippen LogP contribution < -0.4 is 9.80 Å². The van der Waals surface area contributed by atoms with Gasteiger partial charge in [0.05, 0.1) is 5.92 Å². The summed E-state index contributed by atoms with van der Waals surface area (Å²) in [6.45, 7) is 3.43. The molecule has 2 aliphatic rings. The Morgan fingerprint density at radius 1 is 1.19 bits per heavy atom. The second kappa shape index (κ2) is 5.87. The van der Waals surface area contributed by atoms with Crippen molar-refractivity contribution in [1.82, 2.24) is 14.9 Å². The van der Waals surface area contributed by atoms with Gasteiger partial charge in [0.2, 0.25) is 5.91 Å². The van der Waals surface area contributed by atoms with Gasteiger partial charge in [-0.05, 0) is 19.3 Å². The molecule has 114 valence electrons. The first-order valence-electron chi connectivity index (χ1n) is 7.68. The van der Waals surface area contributed by atoms with Gasteiger partial charge in [0.15, 0.2) is 0 Å². The van der Waals surface area contributed by atoms with Crippen molar-refractivity contribution in [3.63, 3.8) is 0 Å². The normalized spacial score (nSPS) is 19.3. The third-order valence-electron chi connectivity index (χ3n) is 4.32. The van der Waals surface area contributed by atoms with E-state index < -0.39 is 0 Å². The molecule has 1 aromatic heterocycles. The predicted octanol–water partition coefficient (Wildman–Crippen LogP) is 0.991. The van der Waals surface area contributed by atoms with Crippen LogP contribution in [0.1, 0.15) is 19.3 Å².